The Morgan fingerprint density at radius 2 is 1.96 bits per heavy atom. The highest BCUT2D eigenvalue weighted by molar-refractivity contribution is 7.14. The fraction of sp³-hybridized carbons (Fsp3) is 0.381. The van der Waals surface area contributed by atoms with Crippen molar-refractivity contribution in [1.82, 2.24) is 10.3 Å². The van der Waals surface area contributed by atoms with Crippen molar-refractivity contribution in [1.29, 1.82) is 0 Å². The van der Waals surface area contributed by atoms with E-state index in [9.17, 15) is 14.0 Å². The van der Waals surface area contributed by atoms with Crippen LogP contribution in [0.3, 0.4) is 0 Å². The van der Waals surface area contributed by atoms with Crippen LogP contribution in [0.25, 0.3) is 6.08 Å². The molecule has 0 radical (unpaired) electrons. The quantitative estimate of drug-likeness (QED) is 0.740. The van der Waals surface area contributed by atoms with E-state index in [4.69, 9.17) is 0 Å². The minimum Gasteiger partial charge on any atom is -0.350 e. The molecule has 148 valence electrons. The van der Waals surface area contributed by atoms with Gasteiger partial charge < -0.3 is 5.32 Å². The molecule has 0 saturated heterocycles. The maximum atomic E-state index is 14.1. The molecule has 0 bridgehead atoms. The molecule has 1 fully saturated rings. The molecule has 5 nitrogen and oxygen atoms in total. The van der Waals surface area contributed by atoms with Crippen LogP contribution >= 0.6 is 11.3 Å². The van der Waals surface area contributed by atoms with Gasteiger partial charge in [-0.05, 0) is 49.8 Å². The van der Waals surface area contributed by atoms with Crippen LogP contribution in [0, 0.1) is 11.7 Å². The van der Waals surface area contributed by atoms with E-state index in [1.54, 1.807) is 23.6 Å². The van der Waals surface area contributed by atoms with Gasteiger partial charge >= 0.3 is 0 Å². The molecule has 1 heterocycles. The zero-order valence-corrected chi connectivity index (χ0v) is 16.8. The SMILES string of the molecule is CC(=O)N(c1nc(/C=C\C(=O)NC2CCC(C)CC2)cs1)c1ccccc1F. The summed E-state index contributed by atoms with van der Waals surface area (Å²) in [6.45, 7) is 3.60. The molecule has 0 aliphatic heterocycles. The third kappa shape index (κ3) is 5.04. The highest BCUT2D eigenvalue weighted by atomic mass is 32.1. The molecule has 0 spiro atoms. The predicted molar refractivity (Wildman–Crippen MR) is 110 cm³/mol. The molecule has 1 aromatic heterocycles. The Morgan fingerprint density at radius 3 is 2.64 bits per heavy atom. The van der Waals surface area contributed by atoms with E-state index in [0.717, 1.165) is 31.6 Å². The summed E-state index contributed by atoms with van der Waals surface area (Å²) in [5.74, 6) is -0.243. The molecule has 1 aliphatic rings. The van der Waals surface area contributed by atoms with Gasteiger partial charge in [0.2, 0.25) is 11.8 Å². The molecular weight excluding hydrogens is 377 g/mol. The molecule has 7 heteroatoms. The van der Waals surface area contributed by atoms with E-state index < -0.39 is 5.82 Å². The van der Waals surface area contributed by atoms with Crippen LogP contribution in [0.1, 0.15) is 45.2 Å². The van der Waals surface area contributed by atoms with Crippen LogP contribution in [0.2, 0.25) is 0 Å². The Kier molecular flexibility index (Phi) is 6.57. The van der Waals surface area contributed by atoms with Crippen LogP contribution in [0.4, 0.5) is 15.2 Å². The van der Waals surface area contributed by atoms with E-state index in [1.165, 1.54) is 41.4 Å². The molecule has 1 saturated carbocycles. The van der Waals surface area contributed by atoms with Gasteiger partial charge in [-0.15, -0.1) is 11.3 Å². The van der Waals surface area contributed by atoms with Crippen LogP contribution in [0.5, 0.6) is 0 Å². The first-order chi connectivity index (χ1) is 13.4. The Balaban J connectivity index is 1.67. The van der Waals surface area contributed by atoms with Crippen molar-refractivity contribution in [3.8, 4) is 0 Å². The molecule has 0 atom stereocenters. The number of aromatic nitrogens is 1. The fourth-order valence-corrected chi connectivity index (χ4v) is 4.16. The zero-order valence-electron chi connectivity index (χ0n) is 16.0. The molecule has 0 unspecified atom stereocenters. The van der Waals surface area contributed by atoms with Crippen LogP contribution in [-0.4, -0.2) is 22.8 Å². The average Bonchev–Trinajstić information content (AvgIpc) is 3.12. The summed E-state index contributed by atoms with van der Waals surface area (Å²) in [6, 6.07) is 6.30. The minimum atomic E-state index is -0.494. The zero-order chi connectivity index (χ0) is 20.1. The molecule has 28 heavy (non-hydrogen) atoms. The van der Waals surface area contributed by atoms with Crippen LogP contribution < -0.4 is 10.2 Å². The lowest BCUT2D eigenvalue weighted by molar-refractivity contribution is -0.117. The van der Waals surface area contributed by atoms with Crippen molar-refractivity contribution in [3.63, 3.8) is 0 Å². The second kappa shape index (κ2) is 9.10. The van der Waals surface area contributed by atoms with Crippen molar-refractivity contribution in [3.05, 3.63) is 47.2 Å². The first-order valence-electron chi connectivity index (χ1n) is 9.43. The van der Waals surface area contributed by atoms with Gasteiger partial charge in [-0.2, -0.15) is 0 Å². The summed E-state index contributed by atoms with van der Waals surface area (Å²) in [5, 5.41) is 5.12. The number of halogens is 1. The number of rotatable bonds is 5. The second-order valence-electron chi connectivity index (χ2n) is 7.16. The molecule has 2 aromatic rings. The number of thiazole rings is 1. The first-order valence-corrected chi connectivity index (χ1v) is 10.3. The van der Waals surface area contributed by atoms with Gasteiger partial charge in [-0.3, -0.25) is 14.5 Å². The highest BCUT2D eigenvalue weighted by Crippen LogP contribution is 2.31. The maximum Gasteiger partial charge on any atom is 0.244 e. The summed E-state index contributed by atoms with van der Waals surface area (Å²) in [7, 11) is 0. The minimum absolute atomic E-state index is 0.147. The Labute approximate surface area is 168 Å². The maximum absolute atomic E-state index is 14.1. The number of nitrogens with zero attached hydrogens (tertiary/aromatic N) is 2. The number of nitrogens with one attached hydrogen (secondary N) is 1. The third-order valence-corrected chi connectivity index (χ3v) is 5.72. The summed E-state index contributed by atoms with van der Waals surface area (Å²) in [5.41, 5.74) is 0.708. The monoisotopic (exact) mass is 401 g/mol. The van der Waals surface area contributed by atoms with Gasteiger partial charge in [0.1, 0.15) is 5.82 Å². The smallest absolute Gasteiger partial charge is 0.244 e. The third-order valence-electron chi connectivity index (χ3n) is 4.88. The number of benzene rings is 1. The van der Waals surface area contributed by atoms with Crippen molar-refractivity contribution in [2.24, 2.45) is 5.92 Å². The number of anilines is 2. The van der Waals surface area contributed by atoms with Crippen molar-refractivity contribution < 1.29 is 14.0 Å². The van der Waals surface area contributed by atoms with E-state index >= 15 is 0 Å². The molecule has 1 aromatic carbocycles. The number of carbonyl (C=O) groups is 2. The van der Waals surface area contributed by atoms with E-state index in [-0.39, 0.29) is 23.5 Å². The molecule has 3 rings (SSSR count). The number of carbonyl (C=O) groups excluding carboxylic acids is 2. The second-order valence-corrected chi connectivity index (χ2v) is 8.00. The van der Waals surface area contributed by atoms with Gasteiger partial charge in [-0.25, -0.2) is 9.37 Å². The van der Waals surface area contributed by atoms with Crippen LogP contribution in [0.15, 0.2) is 35.7 Å². The number of hydrogen-bond acceptors (Lipinski definition) is 4. The van der Waals surface area contributed by atoms with E-state index in [1.807, 2.05) is 0 Å². The molecule has 2 amide bonds. The lowest BCUT2D eigenvalue weighted by atomic mass is 9.87. The Bertz CT molecular complexity index is 872. The molecular formula is C21H24FN3O2S. The largest absolute Gasteiger partial charge is 0.350 e. The lowest BCUT2D eigenvalue weighted by Gasteiger charge is -2.26. The van der Waals surface area contributed by atoms with Gasteiger partial charge in [0.05, 0.1) is 11.4 Å². The van der Waals surface area contributed by atoms with Crippen LogP contribution in [-0.2, 0) is 9.59 Å². The van der Waals surface area contributed by atoms with Crippen molar-refractivity contribution in [2.45, 2.75) is 45.6 Å². The normalized spacial score (nSPS) is 19.5. The van der Waals surface area contributed by atoms with Gasteiger partial charge in [0.25, 0.3) is 0 Å². The number of para-hydroxylation sites is 1. The summed E-state index contributed by atoms with van der Waals surface area (Å²) >= 11 is 1.22. The topological polar surface area (TPSA) is 62.3 Å². The van der Waals surface area contributed by atoms with Gasteiger partial charge in [0, 0.05) is 24.4 Å². The summed E-state index contributed by atoms with van der Waals surface area (Å²) < 4.78 is 14.1. The summed E-state index contributed by atoms with van der Waals surface area (Å²) in [6.07, 6.45) is 7.37. The van der Waals surface area contributed by atoms with E-state index in [2.05, 4.69) is 17.2 Å². The first kappa shape index (κ1) is 20.2. The Morgan fingerprint density at radius 1 is 1.25 bits per heavy atom. The Hall–Kier alpha value is -2.54. The number of amides is 2. The molecule has 1 aliphatic carbocycles. The van der Waals surface area contributed by atoms with E-state index in [0.29, 0.717) is 10.8 Å². The van der Waals surface area contributed by atoms with Crippen molar-refractivity contribution >= 4 is 40.0 Å². The van der Waals surface area contributed by atoms with Gasteiger partial charge in [0.15, 0.2) is 5.13 Å². The standard InChI is InChI=1S/C21H24FN3O2S/c1-14-7-9-16(10-8-14)23-20(27)12-11-17-13-28-21(24-17)25(15(2)26)19-6-4-3-5-18(19)22/h3-6,11-14,16H,7-10H2,1-2H3,(H,23,27)/b12-11-. The van der Waals surface area contributed by atoms with Gasteiger partial charge in [-0.1, -0.05) is 19.1 Å². The summed E-state index contributed by atoms with van der Waals surface area (Å²) in [4.78, 5) is 29.8. The fourth-order valence-electron chi connectivity index (χ4n) is 3.31. The molecule has 1 N–H and O–H groups in total. The highest BCUT2D eigenvalue weighted by Gasteiger charge is 2.21. The predicted octanol–water partition coefficient (Wildman–Crippen LogP) is 4.67. The average molecular weight is 402 g/mol. The van der Waals surface area contributed by atoms with Crippen molar-refractivity contribution in [2.75, 3.05) is 4.90 Å². The lowest BCUT2D eigenvalue weighted by Crippen LogP contribution is -2.36. The number of hydrogen-bond donors (Lipinski definition) is 1.